The number of carboxylic acids is 1. The van der Waals surface area contributed by atoms with Crippen LogP contribution in [-0.4, -0.2) is 26.1 Å². The third kappa shape index (κ3) is 2.80. The van der Waals surface area contributed by atoms with E-state index in [4.69, 9.17) is 28.3 Å². The summed E-state index contributed by atoms with van der Waals surface area (Å²) in [6.07, 6.45) is 1.98. The van der Waals surface area contributed by atoms with Crippen LogP contribution in [0.5, 0.6) is 0 Å². The number of nitrogens with zero attached hydrogens (tertiary/aromatic N) is 3. The molecule has 18 heavy (non-hydrogen) atoms. The van der Waals surface area contributed by atoms with Gasteiger partial charge in [0.05, 0.1) is 34.0 Å². The zero-order chi connectivity index (χ0) is 13.1. The zero-order valence-electron chi connectivity index (χ0n) is 9.18. The molecule has 94 valence electrons. The van der Waals surface area contributed by atoms with E-state index in [2.05, 4.69) is 10.3 Å². The van der Waals surface area contributed by atoms with Gasteiger partial charge in [0, 0.05) is 6.42 Å². The molecule has 7 heteroatoms. The van der Waals surface area contributed by atoms with Crippen LogP contribution < -0.4 is 0 Å². The first-order chi connectivity index (χ1) is 8.58. The molecule has 0 fully saturated rings. The number of aliphatic carboxylic acids is 1. The maximum absolute atomic E-state index is 10.5. The number of hydrogen-bond acceptors (Lipinski definition) is 3. The molecule has 5 nitrogen and oxygen atoms in total. The molecule has 0 aliphatic heterocycles. The molecule has 1 N–H and O–H groups in total. The number of halogens is 2. The maximum atomic E-state index is 10.5. The van der Waals surface area contributed by atoms with Gasteiger partial charge in [-0.1, -0.05) is 34.5 Å². The van der Waals surface area contributed by atoms with Crippen LogP contribution in [0.1, 0.15) is 12.1 Å². The molecule has 0 saturated heterocycles. The standard InChI is InChI=1S/C11H9Cl2N3O2/c12-8-2-1-3-9(11(8)13)16-6-7(14-15-16)4-5-10(17)18/h1-3,6H,4-5H2,(H,17,18). The molecule has 2 rings (SSSR count). The molecule has 0 unspecified atom stereocenters. The molecule has 0 bridgehead atoms. The van der Waals surface area contributed by atoms with Crippen LogP contribution in [0.15, 0.2) is 24.4 Å². The van der Waals surface area contributed by atoms with Gasteiger partial charge in [-0.2, -0.15) is 0 Å². The molecule has 0 amide bonds. The third-order valence-corrected chi connectivity index (χ3v) is 3.12. The Hall–Kier alpha value is -1.59. The molecule has 0 atom stereocenters. The Labute approximate surface area is 113 Å². The van der Waals surface area contributed by atoms with E-state index < -0.39 is 5.97 Å². The summed E-state index contributed by atoms with van der Waals surface area (Å²) in [5.41, 5.74) is 1.20. The Morgan fingerprint density at radius 3 is 2.89 bits per heavy atom. The van der Waals surface area contributed by atoms with Gasteiger partial charge in [0.15, 0.2) is 0 Å². The average molecular weight is 286 g/mol. The molecule has 1 aromatic carbocycles. The van der Waals surface area contributed by atoms with Gasteiger partial charge in [-0.3, -0.25) is 4.79 Å². The highest BCUT2D eigenvalue weighted by Crippen LogP contribution is 2.27. The van der Waals surface area contributed by atoms with Gasteiger partial charge in [-0.05, 0) is 12.1 Å². The van der Waals surface area contributed by atoms with E-state index in [9.17, 15) is 4.79 Å². The molecule has 0 aliphatic rings. The molecule has 2 aromatic rings. The first-order valence-electron chi connectivity index (χ1n) is 5.15. The summed E-state index contributed by atoms with van der Waals surface area (Å²) in [6.45, 7) is 0. The van der Waals surface area contributed by atoms with Gasteiger partial charge in [-0.15, -0.1) is 5.10 Å². The van der Waals surface area contributed by atoms with E-state index in [0.717, 1.165) is 0 Å². The van der Waals surface area contributed by atoms with Gasteiger partial charge in [0.2, 0.25) is 0 Å². The normalized spacial score (nSPS) is 10.6. The lowest BCUT2D eigenvalue weighted by atomic mass is 10.2. The lowest BCUT2D eigenvalue weighted by Crippen LogP contribution is -1.97. The quantitative estimate of drug-likeness (QED) is 0.938. The Morgan fingerprint density at radius 2 is 2.17 bits per heavy atom. The Bertz CT molecular complexity index is 583. The summed E-state index contributed by atoms with van der Waals surface area (Å²) >= 11 is 12.0. The molecule has 0 saturated carbocycles. The molecule has 1 aromatic heterocycles. The minimum atomic E-state index is -0.870. The smallest absolute Gasteiger partial charge is 0.303 e. The number of carboxylic acid groups (broad SMARTS) is 1. The summed E-state index contributed by atoms with van der Waals surface area (Å²) in [5.74, 6) is -0.870. The Morgan fingerprint density at radius 1 is 1.39 bits per heavy atom. The third-order valence-electron chi connectivity index (χ3n) is 2.31. The monoisotopic (exact) mass is 285 g/mol. The molecule has 1 heterocycles. The summed E-state index contributed by atoms with van der Waals surface area (Å²) in [7, 11) is 0. The van der Waals surface area contributed by atoms with Crippen molar-refractivity contribution in [3.8, 4) is 5.69 Å². The van der Waals surface area contributed by atoms with Crippen LogP contribution in [0.25, 0.3) is 5.69 Å². The first-order valence-corrected chi connectivity index (χ1v) is 5.91. The molecule has 0 aliphatic carbocycles. The zero-order valence-corrected chi connectivity index (χ0v) is 10.7. The van der Waals surface area contributed by atoms with Crippen molar-refractivity contribution in [2.45, 2.75) is 12.8 Å². The summed E-state index contributed by atoms with van der Waals surface area (Å²) in [4.78, 5) is 10.5. The van der Waals surface area contributed by atoms with Crippen LogP contribution in [0.3, 0.4) is 0 Å². The average Bonchev–Trinajstić information content (AvgIpc) is 2.78. The topological polar surface area (TPSA) is 68.0 Å². The summed E-state index contributed by atoms with van der Waals surface area (Å²) in [5, 5.41) is 17.2. The van der Waals surface area contributed by atoms with Crippen molar-refractivity contribution in [1.82, 2.24) is 15.0 Å². The van der Waals surface area contributed by atoms with Crippen LogP contribution in [0.4, 0.5) is 0 Å². The van der Waals surface area contributed by atoms with Crippen molar-refractivity contribution < 1.29 is 9.90 Å². The highest BCUT2D eigenvalue weighted by Gasteiger charge is 2.09. The van der Waals surface area contributed by atoms with Crippen molar-refractivity contribution in [2.24, 2.45) is 0 Å². The number of hydrogen-bond donors (Lipinski definition) is 1. The highest BCUT2D eigenvalue weighted by molar-refractivity contribution is 6.43. The first kappa shape index (κ1) is 12.9. The van der Waals surface area contributed by atoms with Crippen molar-refractivity contribution in [3.63, 3.8) is 0 Å². The number of aromatic nitrogens is 3. The van der Waals surface area contributed by atoms with Crippen LogP contribution >= 0.6 is 23.2 Å². The number of aryl methyl sites for hydroxylation is 1. The highest BCUT2D eigenvalue weighted by atomic mass is 35.5. The predicted octanol–water partition coefficient (Wildman–Crippen LogP) is 2.59. The Kier molecular flexibility index (Phi) is 3.84. The summed E-state index contributed by atoms with van der Waals surface area (Å²) < 4.78 is 1.48. The van der Waals surface area contributed by atoms with Gasteiger partial charge in [0.25, 0.3) is 0 Å². The SMILES string of the molecule is O=C(O)CCc1cn(-c2cccc(Cl)c2Cl)nn1. The largest absolute Gasteiger partial charge is 0.481 e. The number of carbonyl (C=O) groups is 1. The van der Waals surface area contributed by atoms with Crippen molar-refractivity contribution in [3.05, 3.63) is 40.1 Å². The fraction of sp³-hybridized carbons (Fsp3) is 0.182. The minimum absolute atomic E-state index is 0.0158. The molecule has 0 spiro atoms. The molecule has 0 radical (unpaired) electrons. The van der Waals surface area contributed by atoms with Crippen LogP contribution in [0, 0.1) is 0 Å². The van der Waals surface area contributed by atoms with Crippen LogP contribution in [0.2, 0.25) is 10.0 Å². The fourth-order valence-corrected chi connectivity index (χ4v) is 1.82. The second kappa shape index (κ2) is 5.37. The van der Waals surface area contributed by atoms with E-state index >= 15 is 0 Å². The maximum Gasteiger partial charge on any atom is 0.303 e. The van der Waals surface area contributed by atoms with Crippen molar-refractivity contribution in [1.29, 1.82) is 0 Å². The van der Waals surface area contributed by atoms with Gasteiger partial charge in [-0.25, -0.2) is 4.68 Å². The van der Waals surface area contributed by atoms with E-state index in [1.54, 1.807) is 24.4 Å². The minimum Gasteiger partial charge on any atom is -0.481 e. The molecular formula is C11H9Cl2N3O2. The van der Waals surface area contributed by atoms with Crippen molar-refractivity contribution >= 4 is 29.2 Å². The second-order valence-corrected chi connectivity index (χ2v) is 4.41. The van der Waals surface area contributed by atoms with Gasteiger partial charge >= 0.3 is 5.97 Å². The number of rotatable bonds is 4. The van der Waals surface area contributed by atoms with E-state index in [1.165, 1.54) is 4.68 Å². The second-order valence-electron chi connectivity index (χ2n) is 3.62. The number of benzene rings is 1. The van der Waals surface area contributed by atoms with Crippen LogP contribution in [-0.2, 0) is 11.2 Å². The summed E-state index contributed by atoms with van der Waals surface area (Å²) in [6, 6.07) is 5.18. The lowest BCUT2D eigenvalue weighted by molar-refractivity contribution is -0.136. The fourth-order valence-electron chi connectivity index (χ4n) is 1.44. The van der Waals surface area contributed by atoms with E-state index in [-0.39, 0.29) is 6.42 Å². The van der Waals surface area contributed by atoms with Gasteiger partial charge < -0.3 is 5.11 Å². The van der Waals surface area contributed by atoms with E-state index in [1.807, 2.05) is 0 Å². The van der Waals surface area contributed by atoms with E-state index in [0.29, 0.717) is 27.8 Å². The van der Waals surface area contributed by atoms with Gasteiger partial charge in [0.1, 0.15) is 0 Å². The molecular weight excluding hydrogens is 277 g/mol. The lowest BCUT2D eigenvalue weighted by Gasteiger charge is -2.03. The van der Waals surface area contributed by atoms with Crippen molar-refractivity contribution in [2.75, 3.05) is 0 Å². The Balaban J connectivity index is 2.24. The predicted molar refractivity (Wildman–Crippen MR) is 67.3 cm³/mol.